The molecule has 0 saturated heterocycles. The fourth-order valence-electron chi connectivity index (χ4n) is 2.31. The van der Waals surface area contributed by atoms with Gasteiger partial charge in [-0.3, -0.25) is 0 Å². The maximum Gasteiger partial charge on any atom is 0.00965 e. The lowest BCUT2D eigenvalue weighted by molar-refractivity contribution is 0.284. The Hall–Kier alpha value is -0.340. The Balaban J connectivity index is 2.40. The van der Waals surface area contributed by atoms with Crippen LogP contribution in [0.3, 0.4) is 0 Å². The Kier molecular flexibility index (Phi) is 5.64. The molecular formula is C17H31NS. The number of aryl methyl sites for hydroxylation is 3. The van der Waals surface area contributed by atoms with E-state index in [-0.39, 0.29) is 5.54 Å². The monoisotopic (exact) mass is 281 g/mol. The average Bonchev–Trinajstić information content (AvgIpc) is 2.52. The van der Waals surface area contributed by atoms with Gasteiger partial charge in [-0.15, -0.1) is 11.3 Å². The molecule has 110 valence electrons. The molecular weight excluding hydrogens is 250 g/mol. The molecule has 0 aliphatic rings. The van der Waals surface area contributed by atoms with Gasteiger partial charge in [0.25, 0.3) is 0 Å². The maximum atomic E-state index is 3.59. The van der Waals surface area contributed by atoms with Gasteiger partial charge in [-0.25, -0.2) is 0 Å². The number of rotatable bonds is 6. The second kappa shape index (κ2) is 6.41. The summed E-state index contributed by atoms with van der Waals surface area (Å²) in [6, 6.07) is 2.36. The summed E-state index contributed by atoms with van der Waals surface area (Å²) in [5, 5.41) is 3.59. The van der Waals surface area contributed by atoms with Crippen molar-refractivity contribution in [3.05, 3.63) is 21.4 Å². The Morgan fingerprint density at radius 2 is 1.68 bits per heavy atom. The quantitative estimate of drug-likeness (QED) is 0.764. The summed E-state index contributed by atoms with van der Waals surface area (Å²) in [5.41, 5.74) is 2.21. The van der Waals surface area contributed by atoms with Crippen LogP contribution in [0.15, 0.2) is 6.07 Å². The molecule has 1 aromatic heterocycles. The molecule has 1 nitrogen and oxygen atoms in total. The van der Waals surface area contributed by atoms with Crippen LogP contribution in [0.25, 0.3) is 0 Å². The summed E-state index contributed by atoms with van der Waals surface area (Å²) >= 11 is 1.93. The highest BCUT2D eigenvalue weighted by Crippen LogP contribution is 2.29. The normalized spacial score (nSPS) is 13.0. The standard InChI is InChI=1S/C17H31NS/c1-13-12-15(14(2)19-13)8-9-17(6,7)10-11-18-16(3,4)5/h12,18H,8-11H2,1-7H3. The van der Waals surface area contributed by atoms with Gasteiger partial charge in [-0.05, 0) is 77.5 Å². The molecule has 0 bridgehead atoms. The van der Waals surface area contributed by atoms with Crippen molar-refractivity contribution in [3.8, 4) is 0 Å². The van der Waals surface area contributed by atoms with Crippen LogP contribution in [0.2, 0.25) is 0 Å². The van der Waals surface area contributed by atoms with Crippen LogP contribution in [-0.4, -0.2) is 12.1 Å². The predicted octanol–water partition coefficient (Wildman–Crippen LogP) is 5.10. The fraction of sp³-hybridized carbons (Fsp3) is 0.765. The Morgan fingerprint density at radius 3 is 2.16 bits per heavy atom. The lowest BCUT2D eigenvalue weighted by Gasteiger charge is -2.28. The summed E-state index contributed by atoms with van der Waals surface area (Å²) < 4.78 is 0. The van der Waals surface area contributed by atoms with Crippen molar-refractivity contribution in [3.63, 3.8) is 0 Å². The van der Waals surface area contributed by atoms with E-state index in [1.807, 2.05) is 11.3 Å². The number of hydrogen-bond acceptors (Lipinski definition) is 2. The first kappa shape index (κ1) is 16.7. The van der Waals surface area contributed by atoms with Crippen LogP contribution in [0.5, 0.6) is 0 Å². The van der Waals surface area contributed by atoms with E-state index in [1.165, 1.54) is 29.0 Å². The molecule has 0 atom stereocenters. The molecule has 0 fully saturated rings. The molecule has 1 aromatic rings. The Bertz CT molecular complexity index is 396. The zero-order valence-corrected chi connectivity index (χ0v) is 14.6. The molecule has 0 radical (unpaired) electrons. The van der Waals surface area contributed by atoms with Crippen LogP contribution in [0, 0.1) is 19.3 Å². The highest BCUT2D eigenvalue weighted by atomic mass is 32.1. The zero-order valence-electron chi connectivity index (χ0n) is 13.8. The highest BCUT2D eigenvalue weighted by Gasteiger charge is 2.19. The Labute approximate surface area is 123 Å². The number of hydrogen-bond donors (Lipinski definition) is 1. The summed E-state index contributed by atoms with van der Waals surface area (Å²) in [6.07, 6.45) is 3.74. The van der Waals surface area contributed by atoms with Crippen molar-refractivity contribution < 1.29 is 0 Å². The van der Waals surface area contributed by atoms with Crippen molar-refractivity contribution in [2.45, 2.75) is 73.3 Å². The number of thiophene rings is 1. The van der Waals surface area contributed by atoms with Gasteiger partial charge in [-0.1, -0.05) is 13.8 Å². The van der Waals surface area contributed by atoms with E-state index in [4.69, 9.17) is 0 Å². The second-order valence-electron chi connectivity index (χ2n) is 7.53. The van der Waals surface area contributed by atoms with Gasteiger partial charge in [0, 0.05) is 15.3 Å². The second-order valence-corrected chi connectivity index (χ2v) is 8.99. The van der Waals surface area contributed by atoms with Crippen LogP contribution in [-0.2, 0) is 6.42 Å². The largest absolute Gasteiger partial charge is 0.312 e. The lowest BCUT2D eigenvalue weighted by Crippen LogP contribution is -2.38. The van der Waals surface area contributed by atoms with E-state index in [9.17, 15) is 0 Å². The molecule has 0 saturated carbocycles. The van der Waals surface area contributed by atoms with Crippen LogP contribution < -0.4 is 5.32 Å². The number of nitrogens with one attached hydrogen (secondary N) is 1. The topological polar surface area (TPSA) is 12.0 Å². The first-order valence-corrected chi connectivity index (χ1v) is 8.22. The first-order valence-electron chi connectivity index (χ1n) is 7.40. The third-order valence-corrected chi connectivity index (χ3v) is 4.68. The van der Waals surface area contributed by atoms with Gasteiger partial charge in [0.1, 0.15) is 0 Å². The first-order chi connectivity index (χ1) is 8.59. The Morgan fingerprint density at radius 1 is 1.05 bits per heavy atom. The molecule has 0 aliphatic carbocycles. The van der Waals surface area contributed by atoms with E-state index < -0.39 is 0 Å². The van der Waals surface area contributed by atoms with Crippen molar-refractivity contribution in [2.24, 2.45) is 5.41 Å². The van der Waals surface area contributed by atoms with E-state index in [2.05, 4.69) is 59.8 Å². The summed E-state index contributed by atoms with van der Waals surface area (Å²) in [5.74, 6) is 0. The van der Waals surface area contributed by atoms with Crippen molar-refractivity contribution in [1.82, 2.24) is 5.32 Å². The predicted molar refractivity (Wildman–Crippen MR) is 88.3 cm³/mol. The lowest BCUT2D eigenvalue weighted by atomic mass is 9.83. The van der Waals surface area contributed by atoms with Gasteiger partial charge in [-0.2, -0.15) is 0 Å². The molecule has 2 heteroatoms. The van der Waals surface area contributed by atoms with Gasteiger partial charge in [0.15, 0.2) is 0 Å². The smallest absolute Gasteiger partial charge is 0.00965 e. The van der Waals surface area contributed by atoms with E-state index in [1.54, 1.807) is 5.56 Å². The molecule has 1 rings (SSSR count). The molecule has 0 unspecified atom stereocenters. The van der Waals surface area contributed by atoms with Gasteiger partial charge >= 0.3 is 0 Å². The van der Waals surface area contributed by atoms with Crippen molar-refractivity contribution in [1.29, 1.82) is 0 Å². The van der Waals surface area contributed by atoms with E-state index in [0.717, 1.165) is 6.54 Å². The van der Waals surface area contributed by atoms with Gasteiger partial charge < -0.3 is 5.32 Å². The van der Waals surface area contributed by atoms with Gasteiger partial charge in [0.05, 0.1) is 0 Å². The highest BCUT2D eigenvalue weighted by molar-refractivity contribution is 7.12. The summed E-state index contributed by atoms with van der Waals surface area (Å²) in [6.45, 7) is 17.1. The van der Waals surface area contributed by atoms with E-state index in [0.29, 0.717) is 5.41 Å². The van der Waals surface area contributed by atoms with E-state index >= 15 is 0 Å². The molecule has 0 aromatic carbocycles. The minimum absolute atomic E-state index is 0.233. The average molecular weight is 282 g/mol. The summed E-state index contributed by atoms with van der Waals surface area (Å²) in [4.78, 5) is 2.95. The molecule has 1 N–H and O–H groups in total. The summed E-state index contributed by atoms with van der Waals surface area (Å²) in [7, 11) is 0. The van der Waals surface area contributed by atoms with Crippen LogP contribution in [0.1, 0.15) is 62.8 Å². The third-order valence-electron chi connectivity index (χ3n) is 3.67. The molecule has 0 aliphatic heterocycles. The SMILES string of the molecule is Cc1cc(CCC(C)(C)CCNC(C)(C)C)c(C)s1. The third kappa shape index (κ3) is 6.58. The minimum Gasteiger partial charge on any atom is -0.312 e. The van der Waals surface area contributed by atoms with Crippen LogP contribution >= 0.6 is 11.3 Å². The molecule has 0 amide bonds. The molecule has 1 heterocycles. The van der Waals surface area contributed by atoms with Crippen LogP contribution in [0.4, 0.5) is 0 Å². The zero-order chi connectivity index (χ0) is 14.7. The van der Waals surface area contributed by atoms with Crippen molar-refractivity contribution in [2.75, 3.05) is 6.54 Å². The maximum absolute atomic E-state index is 3.59. The minimum atomic E-state index is 0.233. The fourth-order valence-corrected chi connectivity index (χ4v) is 3.28. The molecule has 19 heavy (non-hydrogen) atoms. The molecule has 0 spiro atoms. The van der Waals surface area contributed by atoms with Crippen molar-refractivity contribution >= 4 is 11.3 Å². The van der Waals surface area contributed by atoms with Gasteiger partial charge in [0.2, 0.25) is 0 Å².